The molecular formula is C19H18ClNO2. The highest BCUT2D eigenvalue weighted by Gasteiger charge is 2.29. The van der Waals surface area contributed by atoms with E-state index in [1.54, 1.807) is 38.1 Å². The van der Waals surface area contributed by atoms with Crippen molar-refractivity contribution in [1.29, 1.82) is 0 Å². The van der Waals surface area contributed by atoms with Gasteiger partial charge >= 0.3 is 0 Å². The van der Waals surface area contributed by atoms with Gasteiger partial charge in [0.2, 0.25) is 0 Å². The van der Waals surface area contributed by atoms with Crippen molar-refractivity contribution in [2.24, 2.45) is 0 Å². The average Bonchev–Trinajstić information content (AvgIpc) is 2.54. The topological polar surface area (TPSA) is 38.3 Å². The Morgan fingerprint density at radius 3 is 2.43 bits per heavy atom. The van der Waals surface area contributed by atoms with Crippen LogP contribution in [0.25, 0.3) is 0 Å². The Balaban J connectivity index is 1.89. The molecule has 4 heteroatoms. The number of nitrogens with one attached hydrogen (secondary N) is 1. The Hall–Kier alpha value is -2.44. The zero-order chi connectivity index (χ0) is 16.7. The van der Waals surface area contributed by atoms with Gasteiger partial charge in [0.05, 0.1) is 6.54 Å². The number of halogens is 1. The van der Waals surface area contributed by atoms with E-state index >= 15 is 0 Å². The molecule has 0 atom stereocenters. The largest absolute Gasteiger partial charge is 0.478 e. The van der Waals surface area contributed by atoms with Crippen LogP contribution in [-0.4, -0.2) is 18.1 Å². The number of benzene rings is 2. The van der Waals surface area contributed by atoms with Crippen LogP contribution in [0.3, 0.4) is 0 Å². The standard InChI is InChI=1S/C19H18ClNO2/c1-19(2,23-17-12-10-16(20)11-13-17)18(22)21-14-6-9-15-7-4-3-5-8-15/h3-5,7-8,10-13H,14H2,1-2H3,(H,21,22). The Morgan fingerprint density at radius 1 is 1.13 bits per heavy atom. The zero-order valence-electron chi connectivity index (χ0n) is 13.1. The fourth-order valence-corrected chi connectivity index (χ4v) is 1.97. The van der Waals surface area contributed by atoms with E-state index in [2.05, 4.69) is 17.2 Å². The summed E-state index contributed by atoms with van der Waals surface area (Å²) in [6.07, 6.45) is 0. The zero-order valence-corrected chi connectivity index (χ0v) is 13.9. The molecule has 0 saturated carbocycles. The molecule has 23 heavy (non-hydrogen) atoms. The van der Waals surface area contributed by atoms with Gasteiger partial charge in [0.15, 0.2) is 5.60 Å². The van der Waals surface area contributed by atoms with Gasteiger partial charge in [0, 0.05) is 10.6 Å². The molecule has 0 aliphatic carbocycles. The van der Waals surface area contributed by atoms with Crippen LogP contribution in [0.2, 0.25) is 5.02 Å². The summed E-state index contributed by atoms with van der Waals surface area (Å²) in [7, 11) is 0. The summed E-state index contributed by atoms with van der Waals surface area (Å²) in [5.74, 6) is 6.27. The van der Waals surface area contributed by atoms with Crippen molar-refractivity contribution < 1.29 is 9.53 Å². The van der Waals surface area contributed by atoms with Gasteiger partial charge in [-0.1, -0.05) is 41.6 Å². The maximum absolute atomic E-state index is 12.2. The minimum Gasteiger partial charge on any atom is -0.478 e. The lowest BCUT2D eigenvalue weighted by atomic mass is 10.1. The van der Waals surface area contributed by atoms with Crippen LogP contribution in [0.15, 0.2) is 54.6 Å². The Morgan fingerprint density at radius 2 is 1.78 bits per heavy atom. The maximum atomic E-state index is 12.2. The SMILES string of the molecule is CC(C)(Oc1ccc(Cl)cc1)C(=O)NCC#Cc1ccccc1. The van der Waals surface area contributed by atoms with E-state index in [1.807, 2.05) is 30.3 Å². The quantitative estimate of drug-likeness (QED) is 0.870. The molecule has 0 bridgehead atoms. The summed E-state index contributed by atoms with van der Waals surface area (Å²) < 4.78 is 5.72. The molecular weight excluding hydrogens is 310 g/mol. The third kappa shape index (κ3) is 5.36. The summed E-state index contributed by atoms with van der Waals surface area (Å²) in [6.45, 7) is 3.68. The molecule has 0 aliphatic rings. The summed E-state index contributed by atoms with van der Waals surface area (Å²) in [5, 5.41) is 3.38. The van der Waals surface area contributed by atoms with Crippen molar-refractivity contribution in [2.45, 2.75) is 19.4 Å². The second-order valence-electron chi connectivity index (χ2n) is 5.42. The third-order valence-electron chi connectivity index (χ3n) is 3.08. The van der Waals surface area contributed by atoms with Crippen molar-refractivity contribution in [3.8, 4) is 17.6 Å². The van der Waals surface area contributed by atoms with Crippen LogP contribution in [-0.2, 0) is 4.79 Å². The number of carbonyl (C=O) groups is 1. The summed E-state index contributed by atoms with van der Waals surface area (Å²) in [6, 6.07) is 16.5. The Labute approximate surface area is 141 Å². The number of amides is 1. The number of ether oxygens (including phenoxy) is 1. The molecule has 1 N–H and O–H groups in total. The number of hydrogen-bond acceptors (Lipinski definition) is 2. The van der Waals surface area contributed by atoms with E-state index in [1.165, 1.54) is 0 Å². The van der Waals surface area contributed by atoms with Gasteiger partial charge in [0.1, 0.15) is 5.75 Å². The Kier molecular flexibility index (Phi) is 5.67. The van der Waals surface area contributed by atoms with Crippen molar-refractivity contribution in [3.05, 3.63) is 65.2 Å². The van der Waals surface area contributed by atoms with Gasteiger partial charge in [0.25, 0.3) is 5.91 Å². The number of rotatable bonds is 4. The van der Waals surface area contributed by atoms with Crippen molar-refractivity contribution in [2.75, 3.05) is 6.54 Å². The molecule has 0 unspecified atom stereocenters. The van der Waals surface area contributed by atoms with Gasteiger partial charge in [-0.05, 0) is 50.2 Å². The minimum absolute atomic E-state index is 0.227. The van der Waals surface area contributed by atoms with Gasteiger partial charge < -0.3 is 10.1 Å². The fraction of sp³-hybridized carbons (Fsp3) is 0.211. The third-order valence-corrected chi connectivity index (χ3v) is 3.33. The molecule has 2 aromatic carbocycles. The maximum Gasteiger partial charge on any atom is 0.264 e. The van der Waals surface area contributed by atoms with E-state index in [9.17, 15) is 4.79 Å². The van der Waals surface area contributed by atoms with E-state index in [0.717, 1.165) is 5.56 Å². The van der Waals surface area contributed by atoms with Crippen LogP contribution in [0, 0.1) is 11.8 Å². The monoisotopic (exact) mass is 327 g/mol. The van der Waals surface area contributed by atoms with Crippen LogP contribution >= 0.6 is 11.6 Å². The normalized spacial score (nSPS) is 10.4. The summed E-state index contributed by atoms with van der Waals surface area (Å²) in [4.78, 5) is 12.2. The molecule has 0 aromatic heterocycles. The molecule has 0 heterocycles. The lowest BCUT2D eigenvalue weighted by Gasteiger charge is -2.24. The van der Waals surface area contributed by atoms with E-state index in [4.69, 9.17) is 16.3 Å². The van der Waals surface area contributed by atoms with E-state index in [0.29, 0.717) is 10.8 Å². The van der Waals surface area contributed by atoms with Gasteiger partial charge in [-0.25, -0.2) is 0 Å². The first-order chi connectivity index (χ1) is 11.0. The molecule has 0 aliphatic heterocycles. The average molecular weight is 328 g/mol. The molecule has 0 spiro atoms. The second-order valence-corrected chi connectivity index (χ2v) is 5.85. The second kappa shape index (κ2) is 7.71. The highest BCUT2D eigenvalue weighted by molar-refractivity contribution is 6.30. The van der Waals surface area contributed by atoms with Crippen molar-refractivity contribution in [1.82, 2.24) is 5.32 Å². The van der Waals surface area contributed by atoms with Gasteiger partial charge in [-0.3, -0.25) is 4.79 Å². The van der Waals surface area contributed by atoms with Gasteiger partial charge in [-0.15, -0.1) is 0 Å². The summed E-state index contributed by atoms with van der Waals surface area (Å²) in [5.41, 5.74) is -0.0826. The van der Waals surface area contributed by atoms with Crippen molar-refractivity contribution >= 4 is 17.5 Å². The van der Waals surface area contributed by atoms with Crippen LogP contribution in [0.1, 0.15) is 19.4 Å². The minimum atomic E-state index is -0.998. The highest BCUT2D eigenvalue weighted by atomic mass is 35.5. The van der Waals surface area contributed by atoms with Crippen LogP contribution < -0.4 is 10.1 Å². The fourth-order valence-electron chi connectivity index (χ4n) is 1.85. The number of hydrogen-bond donors (Lipinski definition) is 1. The van der Waals surface area contributed by atoms with Crippen molar-refractivity contribution in [3.63, 3.8) is 0 Å². The predicted molar refractivity (Wildman–Crippen MR) is 92.5 cm³/mol. The molecule has 1 amide bonds. The predicted octanol–water partition coefficient (Wildman–Crippen LogP) is 3.67. The first kappa shape index (κ1) is 16.9. The smallest absolute Gasteiger partial charge is 0.264 e. The van der Waals surface area contributed by atoms with Crippen LogP contribution in [0.5, 0.6) is 5.75 Å². The van der Waals surface area contributed by atoms with E-state index in [-0.39, 0.29) is 12.5 Å². The molecule has 2 aromatic rings. The first-order valence-electron chi connectivity index (χ1n) is 7.24. The highest BCUT2D eigenvalue weighted by Crippen LogP contribution is 2.20. The molecule has 0 saturated heterocycles. The molecule has 0 fully saturated rings. The molecule has 0 radical (unpaired) electrons. The first-order valence-corrected chi connectivity index (χ1v) is 7.62. The number of carbonyl (C=O) groups excluding carboxylic acids is 1. The summed E-state index contributed by atoms with van der Waals surface area (Å²) >= 11 is 5.83. The van der Waals surface area contributed by atoms with E-state index < -0.39 is 5.60 Å². The molecule has 118 valence electrons. The Bertz CT molecular complexity index is 713. The van der Waals surface area contributed by atoms with Crippen LogP contribution in [0.4, 0.5) is 0 Å². The molecule has 3 nitrogen and oxygen atoms in total. The molecule has 2 rings (SSSR count). The lowest BCUT2D eigenvalue weighted by molar-refractivity contribution is -0.133. The van der Waals surface area contributed by atoms with Gasteiger partial charge in [-0.2, -0.15) is 0 Å². The lowest BCUT2D eigenvalue weighted by Crippen LogP contribution is -2.46.